The Kier molecular flexibility index (Phi) is 17.6. The van der Waals surface area contributed by atoms with Crippen LogP contribution in [0.1, 0.15) is 119 Å². The number of allylic oxidation sites excluding steroid dienone is 1. The maximum absolute atomic E-state index is 14.8. The molecule has 3 aromatic carbocycles. The summed E-state index contributed by atoms with van der Waals surface area (Å²) in [6.45, 7) is 7.19. The number of hydrogen-bond donors (Lipinski definition) is 3. The Hall–Kier alpha value is -5.57. The van der Waals surface area contributed by atoms with Gasteiger partial charge in [0.2, 0.25) is 11.7 Å². The lowest BCUT2D eigenvalue weighted by atomic mass is 9.55. The average Bonchev–Trinajstić information content (AvgIpc) is 3.87. The predicted octanol–water partition coefficient (Wildman–Crippen LogP) is 9.93. The molecule has 14 heteroatoms. The molecule has 67 heavy (non-hydrogen) atoms. The van der Waals surface area contributed by atoms with Gasteiger partial charge >= 0.3 is 6.09 Å². The molecule has 1 heterocycles. The molecule has 2 saturated carbocycles. The molecule has 0 spiro atoms. The van der Waals surface area contributed by atoms with E-state index in [4.69, 9.17) is 24.2 Å². The van der Waals surface area contributed by atoms with Gasteiger partial charge in [0.15, 0.2) is 0 Å². The number of fused-ring (bicyclic) bond motifs is 2. The van der Waals surface area contributed by atoms with E-state index in [1.54, 1.807) is 24.3 Å². The second-order valence-electron chi connectivity index (χ2n) is 18.5. The van der Waals surface area contributed by atoms with Gasteiger partial charge in [-0.25, -0.2) is 4.79 Å². The van der Waals surface area contributed by atoms with Crippen LogP contribution in [0, 0.1) is 33.8 Å². The standard InChI is InChI=1S/C53H68N4O10/c1-3-28-56(49(60)27-22-37-14-8-9-15-37)48-34-46(55-65-36-39-20-23-41(24-21-39)57(62)63)44-32-40(18-10-12-29-58)43(19-11-13-30-59)50-45-33-42(66-52(61)54-35-38-16-6-5-7-17-38)25-26-47(45)67-53(48,51(44)50)64-31-4-2/h4-7,16-17,20-21,23-26,32-33,37,40,43,48,50-51,58-59H,2-3,8-15,18-19,22,27-31,34-36H2,1H3,(H,54,61). The Morgan fingerprint density at radius 2 is 1.73 bits per heavy atom. The monoisotopic (exact) mass is 920 g/mol. The second-order valence-corrected chi connectivity index (χ2v) is 18.5. The van der Waals surface area contributed by atoms with Crippen LogP contribution < -0.4 is 14.8 Å². The third-order valence-corrected chi connectivity index (χ3v) is 14.1. The smallest absolute Gasteiger partial charge is 0.412 e. The molecule has 0 radical (unpaired) electrons. The number of ether oxygens (including phenoxy) is 3. The summed E-state index contributed by atoms with van der Waals surface area (Å²) < 4.78 is 20.5. The topological polar surface area (TPSA) is 182 Å². The van der Waals surface area contributed by atoms with E-state index in [0.717, 1.165) is 61.6 Å². The van der Waals surface area contributed by atoms with Gasteiger partial charge in [0, 0.05) is 62.8 Å². The molecule has 0 saturated heterocycles. The Bertz CT molecular complexity index is 2190. The van der Waals surface area contributed by atoms with E-state index >= 15 is 0 Å². The molecule has 2 amide bonds. The number of hydrogen-bond acceptors (Lipinski definition) is 11. The van der Waals surface area contributed by atoms with E-state index in [9.17, 15) is 29.9 Å². The summed E-state index contributed by atoms with van der Waals surface area (Å²) in [5.41, 5.74) is 4.00. The van der Waals surface area contributed by atoms with Crippen LogP contribution in [0.3, 0.4) is 0 Å². The van der Waals surface area contributed by atoms with E-state index in [-0.39, 0.29) is 62.2 Å². The summed E-state index contributed by atoms with van der Waals surface area (Å²) in [5.74, 6) is -0.796. The average molecular weight is 921 g/mol. The van der Waals surface area contributed by atoms with E-state index in [1.807, 2.05) is 47.4 Å². The fourth-order valence-electron chi connectivity index (χ4n) is 11.0. The highest BCUT2D eigenvalue weighted by Gasteiger charge is 2.65. The number of benzene rings is 3. The number of aliphatic hydroxyl groups excluding tert-OH is 2. The number of rotatable bonds is 24. The fourth-order valence-corrected chi connectivity index (χ4v) is 11.0. The number of nitro benzene ring substituents is 1. The number of carbonyl (C=O) groups excluding carboxylic acids is 2. The highest BCUT2D eigenvalue weighted by molar-refractivity contribution is 6.03. The number of amides is 2. The second kappa shape index (κ2) is 23.9. The molecule has 6 unspecified atom stereocenters. The summed E-state index contributed by atoms with van der Waals surface area (Å²) in [4.78, 5) is 47.3. The van der Waals surface area contributed by atoms with E-state index in [1.165, 1.54) is 25.0 Å². The molecule has 3 N–H and O–H groups in total. The van der Waals surface area contributed by atoms with Gasteiger partial charge in [0.25, 0.3) is 5.69 Å². The first-order chi connectivity index (χ1) is 32.7. The van der Waals surface area contributed by atoms with Crippen molar-refractivity contribution in [3.8, 4) is 11.5 Å². The van der Waals surface area contributed by atoms with E-state index < -0.39 is 28.8 Å². The maximum Gasteiger partial charge on any atom is 0.412 e. The molecular weight excluding hydrogens is 853 g/mol. The zero-order valence-corrected chi connectivity index (χ0v) is 38.9. The number of oxime groups is 1. The largest absolute Gasteiger partial charge is 0.459 e. The maximum atomic E-state index is 14.8. The lowest BCUT2D eigenvalue weighted by molar-refractivity contribution is -0.384. The van der Waals surface area contributed by atoms with Crippen LogP contribution in [0.25, 0.3) is 0 Å². The Balaban J connectivity index is 1.36. The third kappa shape index (κ3) is 11.9. The quantitative estimate of drug-likeness (QED) is 0.0339. The SMILES string of the molecule is C=CCOC12Oc3ccc(OC(=O)NCc4ccccc4)cc3C3C(CCCCO)C(CCCCO)C=C(C(=NOCc4ccc([N+](=O)[O-])cc4)CC1N(CCC)C(=O)CCC1CCCC1)C32. The van der Waals surface area contributed by atoms with Crippen LogP contribution in [0.4, 0.5) is 10.5 Å². The third-order valence-electron chi connectivity index (χ3n) is 14.1. The van der Waals surface area contributed by atoms with E-state index in [0.29, 0.717) is 67.5 Å². The van der Waals surface area contributed by atoms with Crippen molar-refractivity contribution < 1.29 is 43.8 Å². The zero-order valence-electron chi connectivity index (χ0n) is 38.9. The van der Waals surface area contributed by atoms with Crippen molar-refractivity contribution in [3.63, 3.8) is 0 Å². The van der Waals surface area contributed by atoms with Gasteiger partial charge in [-0.15, -0.1) is 6.58 Å². The molecule has 1 aliphatic heterocycles. The first kappa shape index (κ1) is 49.3. The van der Waals surface area contributed by atoms with Crippen LogP contribution >= 0.6 is 0 Å². The zero-order chi connectivity index (χ0) is 47.2. The van der Waals surface area contributed by atoms with Gasteiger partial charge in [-0.05, 0) is 103 Å². The first-order valence-electron chi connectivity index (χ1n) is 24.4. The summed E-state index contributed by atoms with van der Waals surface area (Å²) >= 11 is 0. The van der Waals surface area contributed by atoms with Gasteiger partial charge in [-0.2, -0.15) is 0 Å². The molecule has 4 aliphatic rings. The van der Waals surface area contributed by atoms with Crippen molar-refractivity contribution >= 4 is 23.4 Å². The van der Waals surface area contributed by atoms with Crippen LogP contribution in [-0.2, 0) is 27.5 Å². The summed E-state index contributed by atoms with van der Waals surface area (Å²) in [5, 5.41) is 39.1. The molecule has 2 fully saturated rings. The minimum Gasteiger partial charge on any atom is -0.459 e. The van der Waals surface area contributed by atoms with Crippen molar-refractivity contribution in [2.24, 2.45) is 28.8 Å². The van der Waals surface area contributed by atoms with Gasteiger partial charge in [0.05, 0.1) is 23.2 Å². The summed E-state index contributed by atoms with van der Waals surface area (Å²) in [7, 11) is 0. The number of unbranched alkanes of at least 4 members (excludes halogenated alkanes) is 2. The van der Waals surface area contributed by atoms with Crippen molar-refractivity contribution in [1.29, 1.82) is 0 Å². The van der Waals surface area contributed by atoms with Crippen LogP contribution in [-0.4, -0.2) is 75.9 Å². The van der Waals surface area contributed by atoms with Gasteiger partial charge < -0.3 is 39.5 Å². The predicted molar refractivity (Wildman–Crippen MR) is 255 cm³/mol. The van der Waals surface area contributed by atoms with Crippen molar-refractivity contribution in [1.82, 2.24) is 10.2 Å². The number of nitrogens with zero attached hydrogens (tertiary/aromatic N) is 3. The normalized spacial score (nSPS) is 23.6. The molecule has 3 aliphatic carbocycles. The lowest BCUT2D eigenvalue weighted by Crippen LogP contribution is -2.70. The minimum atomic E-state index is -1.41. The van der Waals surface area contributed by atoms with Gasteiger partial charge in [-0.1, -0.05) is 93.1 Å². The highest BCUT2D eigenvalue weighted by Crippen LogP contribution is 2.62. The highest BCUT2D eigenvalue weighted by atomic mass is 16.7. The molecular formula is C53H68N4O10. The lowest BCUT2D eigenvalue weighted by Gasteiger charge is -2.60. The number of non-ortho nitro benzene ring substituents is 1. The van der Waals surface area contributed by atoms with Crippen molar-refractivity contribution in [2.75, 3.05) is 26.4 Å². The molecule has 0 aromatic heterocycles. The summed E-state index contributed by atoms with van der Waals surface area (Å²) in [6.07, 6.45) is 14.5. The molecule has 7 rings (SSSR count). The minimum absolute atomic E-state index is 0.000460. The van der Waals surface area contributed by atoms with Crippen LogP contribution in [0.15, 0.2) is 102 Å². The molecule has 6 atom stereocenters. The van der Waals surface area contributed by atoms with Crippen molar-refractivity contribution in [3.05, 3.63) is 124 Å². The molecule has 3 aromatic rings. The number of nitro groups is 1. The van der Waals surface area contributed by atoms with Gasteiger partial charge in [-0.3, -0.25) is 14.9 Å². The molecule has 14 nitrogen and oxygen atoms in total. The van der Waals surface area contributed by atoms with E-state index in [2.05, 4.69) is 24.9 Å². The Labute approximate surface area is 394 Å². The number of nitrogens with one attached hydrogen (secondary N) is 1. The fraction of sp³-hybridized carbons (Fsp3) is 0.528. The summed E-state index contributed by atoms with van der Waals surface area (Å²) in [6, 6.07) is 20.6. The van der Waals surface area contributed by atoms with Crippen LogP contribution in [0.2, 0.25) is 0 Å². The Morgan fingerprint density at radius 3 is 2.43 bits per heavy atom. The Morgan fingerprint density at radius 1 is 0.985 bits per heavy atom. The number of carbonyl (C=O) groups is 2. The van der Waals surface area contributed by atoms with Gasteiger partial charge in [0.1, 0.15) is 24.1 Å². The van der Waals surface area contributed by atoms with Crippen LogP contribution in [0.5, 0.6) is 11.5 Å². The first-order valence-corrected chi connectivity index (χ1v) is 24.4. The number of aliphatic hydroxyl groups is 2. The molecule has 360 valence electrons. The van der Waals surface area contributed by atoms with Crippen molar-refractivity contribution in [2.45, 2.75) is 128 Å². The molecule has 0 bridgehead atoms.